The molecule has 2 nitrogen and oxygen atoms in total. The van der Waals surface area contributed by atoms with Gasteiger partial charge in [-0.1, -0.05) is 43.7 Å². The van der Waals surface area contributed by atoms with Gasteiger partial charge in [0.05, 0.1) is 11.8 Å². The number of rotatable bonds is 1. The van der Waals surface area contributed by atoms with Crippen LogP contribution in [0.4, 0.5) is 0 Å². The fourth-order valence-electron chi connectivity index (χ4n) is 8.24. The number of benzene rings is 1. The zero-order valence-electron chi connectivity index (χ0n) is 18.7. The molecule has 30 heavy (non-hydrogen) atoms. The minimum atomic E-state index is -0.0644. The van der Waals surface area contributed by atoms with E-state index in [9.17, 15) is 5.11 Å². The Morgan fingerprint density at radius 2 is 1.70 bits per heavy atom. The lowest BCUT2D eigenvalue weighted by Crippen LogP contribution is -2.52. The molecule has 1 N–H and O–H groups in total. The average molecular weight is 422 g/mol. The second-order valence-corrected chi connectivity index (χ2v) is 12.4. The Bertz CT molecular complexity index is 964. The molecule has 0 saturated heterocycles. The summed E-state index contributed by atoms with van der Waals surface area (Å²) in [6, 6.07) is 8.90. The van der Waals surface area contributed by atoms with Crippen LogP contribution in [0.5, 0.6) is 0 Å². The molecule has 160 valence electrons. The maximum absolute atomic E-state index is 10.7. The van der Waals surface area contributed by atoms with E-state index in [1.54, 1.807) is 4.88 Å². The van der Waals surface area contributed by atoms with Gasteiger partial charge in [-0.05, 0) is 86.9 Å². The Hall–Kier alpha value is -1.19. The van der Waals surface area contributed by atoms with Gasteiger partial charge in [-0.3, -0.25) is 0 Å². The Labute approximate surface area is 185 Å². The summed E-state index contributed by atoms with van der Waals surface area (Å²) >= 11 is 1.99. The normalized spacial score (nSPS) is 42.2. The van der Waals surface area contributed by atoms with E-state index >= 15 is 0 Å². The quantitative estimate of drug-likeness (QED) is 0.552. The summed E-state index contributed by atoms with van der Waals surface area (Å²) < 4.78 is 0. The molecule has 4 aliphatic rings. The van der Waals surface area contributed by atoms with Crippen LogP contribution in [-0.2, 0) is 6.42 Å². The van der Waals surface area contributed by atoms with Gasteiger partial charge in [0.15, 0.2) is 0 Å². The van der Waals surface area contributed by atoms with Crippen molar-refractivity contribution in [3.8, 4) is 10.6 Å². The fourth-order valence-corrected chi connectivity index (χ4v) is 9.65. The van der Waals surface area contributed by atoms with Crippen molar-refractivity contribution in [1.29, 1.82) is 0 Å². The molecule has 0 bridgehead atoms. The van der Waals surface area contributed by atoms with Crippen LogP contribution < -0.4 is 0 Å². The summed E-state index contributed by atoms with van der Waals surface area (Å²) in [5, 5.41) is 11.9. The summed E-state index contributed by atoms with van der Waals surface area (Å²) in [4.78, 5) is 6.75. The Balaban J connectivity index is 1.33. The lowest BCUT2D eigenvalue weighted by atomic mass is 9.45. The number of hydrogen-bond acceptors (Lipinski definition) is 3. The molecule has 3 heteroatoms. The molecule has 7 atom stereocenters. The maximum atomic E-state index is 10.7. The third-order valence-electron chi connectivity index (χ3n) is 10.1. The van der Waals surface area contributed by atoms with Crippen molar-refractivity contribution in [2.75, 3.05) is 0 Å². The topological polar surface area (TPSA) is 33.1 Å². The smallest absolute Gasteiger partial charge is 0.123 e. The van der Waals surface area contributed by atoms with E-state index in [4.69, 9.17) is 4.98 Å². The van der Waals surface area contributed by atoms with Crippen LogP contribution in [0.2, 0.25) is 0 Å². The highest BCUT2D eigenvalue weighted by atomic mass is 32.1. The second kappa shape index (κ2) is 6.65. The van der Waals surface area contributed by atoms with Crippen molar-refractivity contribution in [1.82, 2.24) is 4.98 Å². The molecule has 0 spiro atoms. The molecule has 3 fully saturated rings. The third kappa shape index (κ3) is 2.60. The van der Waals surface area contributed by atoms with E-state index in [1.807, 2.05) is 11.3 Å². The number of aryl methyl sites for hydroxylation is 2. The van der Waals surface area contributed by atoms with Crippen molar-refractivity contribution < 1.29 is 5.11 Å². The van der Waals surface area contributed by atoms with Crippen LogP contribution >= 0.6 is 11.3 Å². The predicted molar refractivity (Wildman–Crippen MR) is 124 cm³/mol. The zero-order valence-corrected chi connectivity index (χ0v) is 19.5. The second-order valence-electron chi connectivity index (χ2n) is 11.3. The number of aromatic nitrogens is 1. The largest absolute Gasteiger partial charge is 0.393 e. The van der Waals surface area contributed by atoms with Gasteiger partial charge in [0.2, 0.25) is 0 Å². The van der Waals surface area contributed by atoms with Crippen molar-refractivity contribution in [3.63, 3.8) is 0 Å². The first-order valence-corrected chi connectivity index (χ1v) is 13.0. The van der Waals surface area contributed by atoms with Gasteiger partial charge < -0.3 is 5.11 Å². The van der Waals surface area contributed by atoms with Gasteiger partial charge in [-0.15, -0.1) is 11.3 Å². The van der Waals surface area contributed by atoms with Gasteiger partial charge >= 0.3 is 0 Å². The van der Waals surface area contributed by atoms with Crippen LogP contribution in [0.1, 0.15) is 80.8 Å². The maximum Gasteiger partial charge on any atom is 0.123 e. The predicted octanol–water partition coefficient (Wildman–Crippen LogP) is 6.75. The fraction of sp³-hybridized carbons (Fsp3) is 0.667. The molecule has 1 aromatic carbocycles. The number of thiazole rings is 1. The van der Waals surface area contributed by atoms with E-state index in [1.165, 1.54) is 60.4 Å². The summed E-state index contributed by atoms with van der Waals surface area (Å²) in [6.07, 6.45) is 9.90. The van der Waals surface area contributed by atoms with Gasteiger partial charge in [-0.2, -0.15) is 0 Å². The molecule has 3 saturated carbocycles. The molecule has 0 radical (unpaired) electrons. The van der Waals surface area contributed by atoms with E-state index in [-0.39, 0.29) is 11.5 Å². The first-order valence-electron chi connectivity index (χ1n) is 12.1. The summed E-state index contributed by atoms with van der Waals surface area (Å²) in [5.41, 5.74) is 4.60. The van der Waals surface area contributed by atoms with Crippen LogP contribution in [0, 0.1) is 35.5 Å². The highest BCUT2D eigenvalue weighted by Crippen LogP contribution is 2.68. The monoisotopic (exact) mass is 421 g/mol. The number of aliphatic hydroxyl groups is 1. The number of hydrogen-bond donors (Lipinski definition) is 1. The van der Waals surface area contributed by atoms with Gasteiger partial charge in [-0.25, -0.2) is 4.98 Å². The number of aliphatic hydroxyl groups excluding tert-OH is 1. The zero-order chi connectivity index (χ0) is 20.7. The van der Waals surface area contributed by atoms with Crippen LogP contribution in [0.3, 0.4) is 0 Å². The Kier molecular flexibility index (Phi) is 4.32. The number of nitrogens with zero attached hydrogens (tertiary/aromatic N) is 1. The molecule has 6 rings (SSSR count). The van der Waals surface area contributed by atoms with E-state index in [0.717, 1.165) is 30.6 Å². The molecule has 0 aliphatic heterocycles. The first-order chi connectivity index (χ1) is 14.4. The Morgan fingerprint density at radius 3 is 2.50 bits per heavy atom. The van der Waals surface area contributed by atoms with E-state index in [0.29, 0.717) is 11.3 Å². The molecule has 0 unspecified atom stereocenters. The van der Waals surface area contributed by atoms with Crippen molar-refractivity contribution in [2.24, 2.45) is 28.6 Å². The molecular weight excluding hydrogens is 386 g/mol. The average Bonchev–Trinajstić information content (AvgIpc) is 3.29. The molecular formula is C27H35NOS. The lowest BCUT2D eigenvalue weighted by molar-refractivity contribution is -0.0985. The van der Waals surface area contributed by atoms with E-state index < -0.39 is 0 Å². The molecule has 1 heterocycles. The third-order valence-corrected chi connectivity index (χ3v) is 11.3. The number of fused-ring (bicyclic) bond motifs is 7. The van der Waals surface area contributed by atoms with Crippen LogP contribution in [0.15, 0.2) is 24.3 Å². The van der Waals surface area contributed by atoms with Crippen molar-refractivity contribution in [3.05, 3.63) is 40.4 Å². The van der Waals surface area contributed by atoms with E-state index in [2.05, 4.69) is 45.0 Å². The summed E-state index contributed by atoms with van der Waals surface area (Å²) in [5.74, 6) is 3.09. The minimum absolute atomic E-state index is 0.0644. The van der Waals surface area contributed by atoms with Crippen LogP contribution in [-0.4, -0.2) is 16.2 Å². The molecule has 1 aromatic heterocycles. The van der Waals surface area contributed by atoms with Crippen molar-refractivity contribution in [2.45, 2.75) is 84.2 Å². The summed E-state index contributed by atoms with van der Waals surface area (Å²) in [6.45, 7) is 7.17. The van der Waals surface area contributed by atoms with Crippen molar-refractivity contribution >= 4 is 11.3 Å². The minimum Gasteiger partial charge on any atom is -0.393 e. The lowest BCUT2D eigenvalue weighted by Gasteiger charge is -2.59. The molecule has 2 aromatic rings. The summed E-state index contributed by atoms with van der Waals surface area (Å²) in [7, 11) is 0. The Morgan fingerprint density at radius 1 is 0.933 bits per heavy atom. The van der Waals surface area contributed by atoms with Crippen LogP contribution in [0.25, 0.3) is 10.6 Å². The highest BCUT2D eigenvalue weighted by molar-refractivity contribution is 7.15. The van der Waals surface area contributed by atoms with Gasteiger partial charge in [0, 0.05) is 16.4 Å². The highest BCUT2D eigenvalue weighted by Gasteiger charge is 2.60. The molecule has 4 aliphatic carbocycles. The molecule has 0 amide bonds. The SMILES string of the molecule is Cc1ccc(-c2nc3c(s2)[C@@H]2CC[C@@H]4[C@H](CC[C@]5(C)[C@@H](O)CC[C@@H]45)[C@@]2(C)CC3)cc1. The standard InChI is InChI=1S/C27H35NOS/c1-16-4-6-17(7-5-16)25-28-22-13-15-26(2)20-12-14-27(3)19(10-11-23(27)29)18(20)8-9-21(26)24(22)30-25/h4-7,18-21,23,29H,8-15H2,1-3H3/t18-,19-,20-,21-,23-,26+,27-/m0/s1. The van der Waals surface area contributed by atoms with Gasteiger partial charge in [0.25, 0.3) is 0 Å². The van der Waals surface area contributed by atoms with Gasteiger partial charge in [0.1, 0.15) is 5.01 Å². The first kappa shape index (κ1) is 19.5.